The zero-order valence-electron chi connectivity index (χ0n) is 49.4. The van der Waals surface area contributed by atoms with Gasteiger partial charge in [0.2, 0.25) is 17.6 Å². The van der Waals surface area contributed by atoms with Crippen LogP contribution in [0, 0.1) is 0 Å². The van der Waals surface area contributed by atoms with Gasteiger partial charge in [-0.05, 0) is 82.6 Å². The van der Waals surface area contributed by atoms with E-state index < -0.39 is 0 Å². The molecule has 1 aliphatic heterocycles. The van der Waals surface area contributed by atoms with E-state index in [0.717, 1.165) is 97.9 Å². The number of fused-ring (bicyclic) bond motifs is 28. The maximum Gasteiger partial charge on any atom is 0.238 e. The molecule has 0 atom stereocenters. The van der Waals surface area contributed by atoms with Crippen LogP contribution in [0.25, 0.3) is 193 Å². The van der Waals surface area contributed by atoms with Gasteiger partial charge in [-0.25, -0.2) is 15.0 Å². The molecule has 0 aliphatic carbocycles. The van der Waals surface area contributed by atoms with E-state index in [1.807, 2.05) is 58.3 Å². The van der Waals surface area contributed by atoms with Crippen LogP contribution in [0.5, 0.6) is 0 Å². The largest absolute Gasteiger partial charge is 0.437 e. The van der Waals surface area contributed by atoms with Gasteiger partial charge in [0.05, 0.1) is 38.8 Å². The lowest BCUT2D eigenvalue weighted by Crippen LogP contribution is -2.04. The fourth-order valence-corrected chi connectivity index (χ4v) is 21.2. The Bertz CT molecular complexity index is 6950. The molecule has 12 heteroatoms. The standard InChI is InChI=1S/C82H42N6OS5/c1-2-19-43(20-3-1)72-69-52-26-9-17-35-62(52)94-80(69)86-82(83-72)88-58-31-13-7-24-50(58)67-56-41-44(37-39-48(56)78-71(75(67)88)54-28-11-16-34-61(54)92-78)45-38-40-63-65(42-45)90-64-36-18-29-55(76(64)93-63)73-68-51-25-8-14-32-59(51)89-79(68)85-81(84-73)87-57-30-12-6-23-49(57)66-46-21-4-5-22-47(46)77-70(74(66)87)53-27-10-15-33-60(53)91-77/h1-42H. The Morgan fingerprint density at radius 2 is 0.851 bits per heavy atom. The van der Waals surface area contributed by atoms with Gasteiger partial charge in [-0.2, -0.15) is 4.98 Å². The maximum absolute atomic E-state index is 6.84. The van der Waals surface area contributed by atoms with Crippen LogP contribution in [0.3, 0.4) is 0 Å². The topological polar surface area (TPSA) is 74.6 Å². The number of nitrogens with zero attached hydrogens (tertiary/aromatic N) is 6. The minimum Gasteiger partial charge on any atom is -0.437 e. The molecule has 0 radical (unpaired) electrons. The molecule has 8 aromatic heterocycles. The summed E-state index contributed by atoms with van der Waals surface area (Å²) in [5.74, 6) is 1.23. The van der Waals surface area contributed by atoms with Crippen molar-refractivity contribution in [1.82, 2.24) is 29.1 Å². The van der Waals surface area contributed by atoms with Gasteiger partial charge >= 0.3 is 0 Å². The van der Waals surface area contributed by atoms with E-state index in [2.05, 4.69) is 252 Å². The molecule has 1 aliphatic rings. The number of furan rings is 1. The normalized spacial score (nSPS) is 12.8. The number of hydrogen-bond donors (Lipinski definition) is 0. The third-order valence-electron chi connectivity index (χ3n) is 19.2. The third-order valence-corrected chi connectivity index (χ3v) is 25.3. The molecule has 0 fully saturated rings. The summed E-state index contributed by atoms with van der Waals surface area (Å²) in [5, 5.41) is 18.7. The van der Waals surface area contributed by atoms with Crippen LogP contribution in [0.1, 0.15) is 0 Å². The highest BCUT2D eigenvalue weighted by Crippen LogP contribution is 2.56. The van der Waals surface area contributed by atoms with E-state index in [1.54, 1.807) is 11.3 Å². The summed E-state index contributed by atoms with van der Waals surface area (Å²) in [7, 11) is 0. The van der Waals surface area contributed by atoms with Crippen LogP contribution in [0.2, 0.25) is 0 Å². The lowest BCUT2D eigenvalue weighted by Gasteiger charge is -2.22. The number of hydrogen-bond acceptors (Lipinski definition) is 10. The highest BCUT2D eigenvalue weighted by molar-refractivity contribution is 8.05. The van der Waals surface area contributed by atoms with Crippen molar-refractivity contribution in [2.24, 2.45) is 0 Å². The van der Waals surface area contributed by atoms with E-state index in [1.165, 1.54) is 97.4 Å². The molecule has 94 heavy (non-hydrogen) atoms. The summed E-state index contributed by atoms with van der Waals surface area (Å²) in [5.41, 5.74) is 11.9. The summed E-state index contributed by atoms with van der Waals surface area (Å²) in [6, 6.07) is 92.5. The molecular formula is C82H42N6OS5. The van der Waals surface area contributed by atoms with Crippen LogP contribution < -0.4 is 0 Å². The van der Waals surface area contributed by atoms with E-state index in [0.29, 0.717) is 17.6 Å². The molecule has 0 unspecified atom stereocenters. The molecule has 22 rings (SSSR count). The summed E-state index contributed by atoms with van der Waals surface area (Å²) >= 11 is 9.11. The second-order valence-corrected chi connectivity index (χ2v) is 29.5. The number of para-hydroxylation sites is 3. The van der Waals surface area contributed by atoms with E-state index >= 15 is 0 Å². The Morgan fingerprint density at radius 3 is 1.56 bits per heavy atom. The third kappa shape index (κ3) is 7.18. The van der Waals surface area contributed by atoms with Gasteiger partial charge < -0.3 is 4.42 Å². The Balaban J connectivity index is 0.719. The first-order valence-electron chi connectivity index (χ1n) is 31.3. The van der Waals surface area contributed by atoms with Crippen LogP contribution in [-0.2, 0) is 0 Å². The highest BCUT2D eigenvalue weighted by atomic mass is 32.2. The minimum atomic E-state index is 0.556. The number of rotatable bonds is 5. The van der Waals surface area contributed by atoms with Crippen LogP contribution in [0.4, 0.5) is 0 Å². The van der Waals surface area contributed by atoms with Gasteiger partial charge in [0.15, 0.2) is 0 Å². The lowest BCUT2D eigenvalue weighted by atomic mass is 9.96. The minimum absolute atomic E-state index is 0.556. The Kier molecular flexibility index (Phi) is 10.7. The second-order valence-electron chi connectivity index (χ2n) is 24.2. The Morgan fingerprint density at radius 1 is 0.309 bits per heavy atom. The first-order valence-corrected chi connectivity index (χ1v) is 35.3. The molecule has 0 spiro atoms. The molecule has 13 aromatic carbocycles. The molecule has 0 N–H and O–H groups in total. The quantitative estimate of drug-likeness (QED) is 0.170. The fraction of sp³-hybridized carbons (Fsp3) is 0. The lowest BCUT2D eigenvalue weighted by molar-refractivity contribution is 0.651. The maximum atomic E-state index is 6.84. The van der Waals surface area contributed by atoms with Crippen molar-refractivity contribution < 1.29 is 4.42 Å². The zero-order chi connectivity index (χ0) is 61.0. The first-order chi connectivity index (χ1) is 46.6. The van der Waals surface area contributed by atoms with Crippen molar-refractivity contribution in [1.29, 1.82) is 0 Å². The Hall–Kier alpha value is -10.7. The first kappa shape index (κ1) is 51.9. The molecule has 0 bridgehead atoms. The molecular weight excluding hydrogens is 1250 g/mol. The zero-order valence-corrected chi connectivity index (χ0v) is 53.5. The van der Waals surface area contributed by atoms with Crippen molar-refractivity contribution in [2.45, 2.75) is 19.6 Å². The monoisotopic (exact) mass is 1290 g/mol. The number of benzene rings is 13. The average Bonchev–Trinajstić information content (AvgIpc) is 1.53. The van der Waals surface area contributed by atoms with Crippen molar-refractivity contribution in [3.05, 3.63) is 255 Å². The molecule has 0 saturated heterocycles. The van der Waals surface area contributed by atoms with Crippen molar-refractivity contribution in [3.8, 4) is 45.5 Å². The van der Waals surface area contributed by atoms with E-state index in [4.69, 9.17) is 24.4 Å². The number of aromatic nitrogens is 6. The molecule has 436 valence electrons. The van der Waals surface area contributed by atoms with Crippen LogP contribution in [-0.4, -0.2) is 29.1 Å². The van der Waals surface area contributed by atoms with Gasteiger partial charge in [-0.1, -0.05) is 218 Å². The Labute approximate surface area is 554 Å². The predicted octanol–water partition coefficient (Wildman–Crippen LogP) is 24.4. The average molecular weight is 1290 g/mol. The van der Waals surface area contributed by atoms with Crippen LogP contribution in [0.15, 0.2) is 279 Å². The second kappa shape index (κ2) is 19.4. The van der Waals surface area contributed by atoms with Gasteiger partial charge in [-0.3, -0.25) is 9.13 Å². The fourth-order valence-electron chi connectivity index (χ4n) is 15.3. The van der Waals surface area contributed by atoms with E-state index in [9.17, 15) is 0 Å². The summed E-state index contributed by atoms with van der Waals surface area (Å²) in [4.78, 5) is 28.2. The molecule has 9 heterocycles. The molecule has 7 nitrogen and oxygen atoms in total. The molecule has 0 saturated carbocycles. The van der Waals surface area contributed by atoms with Crippen molar-refractivity contribution >= 4 is 205 Å². The summed E-state index contributed by atoms with van der Waals surface area (Å²) < 4.78 is 17.7. The van der Waals surface area contributed by atoms with Crippen LogP contribution >= 0.6 is 57.5 Å². The van der Waals surface area contributed by atoms with E-state index in [-0.39, 0.29) is 0 Å². The van der Waals surface area contributed by atoms with Gasteiger partial charge in [0.25, 0.3) is 0 Å². The van der Waals surface area contributed by atoms with Gasteiger partial charge in [0, 0.05) is 124 Å². The molecule has 0 amide bonds. The van der Waals surface area contributed by atoms with Gasteiger partial charge in [-0.15, -0.1) is 34.0 Å². The smallest absolute Gasteiger partial charge is 0.238 e. The van der Waals surface area contributed by atoms with Gasteiger partial charge in [0.1, 0.15) is 10.4 Å². The summed E-state index contributed by atoms with van der Waals surface area (Å²) in [6.45, 7) is 0. The highest BCUT2D eigenvalue weighted by Gasteiger charge is 2.30. The van der Waals surface area contributed by atoms with Crippen molar-refractivity contribution in [3.63, 3.8) is 0 Å². The molecule has 21 aromatic rings. The summed E-state index contributed by atoms with van der Waals surface area (Å²) in [6.07, 6.45) is 0. The van der Waals surface area contributed by atoms with Crippen molar-refractivity contribution in [2.75, 3.05) is 0 Å². The number of thiophene rings is 3. The predicted molar refractivity (Wildman–Crippen MR) is 398 cm³/mol. The SMILES string of the molecule is c1ccc(-c2nc(-n3c4ccccc4c4c5cc(-c6ccc7c(c6)Sc6cccc(-c8nc(-n9c%10ccccc%10c%10c%11ccccc%11c%11sc%12ccccc%12c%11c%109)nc9oc%10ccccc%10c89)c6S7)ccc5c5sc6ccccc6c5c43)nc3sc4ccccc4c23)cc1.